The van der Waals surface area contributed by atoms with Gasteiger partial charge in [-0.3, -0.25) is 9.59 Å². The fourth-order valence-electron chi connectivity index (χ4n) is 1.70. The number of esters is 1. The lowest BCUT2D eigenvalue weighted by molar-refractivity contribution is -0.143. The third kappa shape index (κ3) is 5.95. The Morgan fingerprint density at radius 3 is 2.33 bits per heavy atom. The molecule has 0 saturated heterocycles. The summed E-state index contributed by atoms with van der Waals surface area (Å²) in [5.74, 6) is -0.616. The van der Waals surface area contributed by atoms with Crippen LogP contribution in [0, 0.1) is 0 Å². The molecule has 0 aromatic heterocycles. The molecule has 0 spiro atoms. The molecule has 1 rings (SSSR count). The van der Waals surface area contributed by atoms with Crippen molar-refractivity contribution in [2.24, 2.45) is 0 Å². The minimum absolute atomic E-state index is 0.0507. The Kier molecular flexibility index (Phi) is 6.88. The van der Waals surface area contributed by atoms with E-state index in [1.807, 2.05) is 26.0 Å². The first-order chi connectivity index (χ1) is 9.93. The Morgan fingerprint density at radius 1 is 1.19 bits per heavy atom. The number of ether oxygens (including phenoxy) is 2. The van der Waals surface area contributed by atoms with Crippen molar-refractivity contribution in [1.82, 2.24) is 4.90 Å². The highest BCUT2D eigenvalue weighted by atomic mass is 16.5. The van der Waals surface area contributed by atoms with Crippen molar-refractivity contribution in [2.75, 3.05) is 20.2 Å². The Hall–Kier alpha value is -1.88. The fraction of sp³-hybridized carbons (Fsp3) is 0.500. The van der Waals surface area contributed by atoms with Gasteiger partial charge in [-0.1, -0.05) is 12.1 Å². The first-order valence-corrected chi connectivity index (χ1v) is 7.05. The van der Waals surface area contributed by atoms with E-state index in [2.05, 4.69) is 0 Å². The quantitative estimate of drug-likeness (QED) is 0.724. The van der Waals surface area contributed by atoms with Crippen LogP contribution in [0.25, 0.3) is 0 Å². The van der Waals surface area contributed by atoms with E-state index in [-0.39, 0.29) is 18.6 Å². The lowest BCUT2D eigenvalue weighted by Gasteiger charge is -2.16. The summed E-state index contributed by atoms with van der Waals surface area (Å²) in [6, 6.07) is 7.19. The number of hydrogen-bond acceptors (Lipinski definition) is 4. The van der Waals surface area contributed by atoms with E-state index < -0.39 is 5.97 Å². The van der Waals surface area contributed by atoms with E-state index >= 15 is 0 Å². The van der Waals surface area contributed by atoms with Crippen molar-refractivity contribution in [3.05, 3.63) is 35.4 Å². The van der Waals surface area contributed by atoms with Gasteiger partial charge < -0.3 is 14.4 Å². The number of hydrogen-bond donors (Lipinski definition) is 0. The van der Waals surface area contributed by atoms with Gasteiger partial charge in [0.1, 0.15) is 6.54 Å². The zero-order chi connectivity index (χ0) is 15.8. The molecule has 5 nitrogen and oxygen atoms in total. The second-order valence-electron chi connectivity index (χ2n) is 5.02. The highest BCUT2D eigenvalue weighted by Gasteiger charge is 2.15. The lowest BCUT2D eigenvalue weighted by Crippen LogP contribution is -2.33. The van der Waals surface area contributed by atoms with E-state index in [0.717, 1.165) is 5.56 Å². The maximum atomic E-state index is 12.1. The molecule has 0 heterocycles. The molecule has 1 amide bonds. The third-order valence-electron chi connectivity index (χ3n) is 2.80. The van der Waals surface area contributed by atoms with Crippen molar-refractivity contribution in [2.45, 2.75) is 33.5 Å². The largest absolute Gasteiger partial charge is 0.465 e. The van der Waals surface area contributed by atoms with Crippen LogP contribution >= 0.6 is 0 Å². The van der Waals surface area contributed by atoms with Crippen LogP contribution in [-0.4, -0.2) is 43.1 Å². The fourth-order valence-corrected chi connectivity index (χ4v) is 1.70. The first-order valence-electron chi connectivity index (χ1n) is 7.05. The monoisotopic (exact) mass is 293 g/mol. The van der Waals surface area contributed by atoms with E-state index in [4.69, 9.17) is 9.47 Å². The van der Waals surface area contributed by atoms with E-state index in [9.17, 15) is 9.59 Å². The zero-order valence-corrected chi connectivity index (χ0v) is 13.1. The standard InChI is InChI=1S/C16H23NO4/c1-5-20-15(18)10-17(4)16(19)14-8-6-13(7-9-14)11-21-12(2)3/h6-9,12H,5,10-11H2,1-4H3. The van der Waals surface area contributed by atoms with Crippen LogP contribution in [0.3, 0.4) is 0 Å². The van der Waals surface area contributed by atoms with Gasteiger partial charge in [0, 0.05) is 12.6 Å². The number of likely N-dealkylation sites (N-methyl/N-ethyl adjacent to an activating group) is 1. The van der Waals surface area contributed by atoms with Gasteiger partial charge in [0.15, 0.2) is 0 Å². The molecule has 0 aliphatic heterocycles. The molecular weight excluding hydrogens is 270 g/mol. The molecular formula is C16H23NO4. The molecule has 0 fully saturated rings. The molecule has 0 aliphatic carbocycles. The molecule has 0 unspecified atom stereocenters. The van der Waals surface area contributed by atoms with Crippen LogP contribution in [0.15, 0.2) is 24.3 Å². The Morgan fingerprint density at radius 2 is 1.81 bits per heavy atom. The normalized spacial score (nSPS) is 10.5. The van der Waals surface area contributed by atoms with Gasteiger partial charge in [0.2, 0.25) is 0 Å². The average Bonchev–Trinajstić information content (AvgIpc) is 2.45. The summed E-state index contributed by atoms with van der Waals surface area (Å²) in [5, 5.41) is 0. The molecule has 1 aromatic rings. The van der Waals surface area contributed by atoms with Gasteiger partial charge >= 0.3 is 5.97 Å². The Labute approximate surface area is 125 Å². The van der Waals surface area contributed by atoms with Gasteiger partial charge in [-0.25, -0.2) is 0 Å². The van der Waals surface area contributed by atoms with Crippen molar-refractivity contribution < 1.29 is 19.1 Å². The minimum Gasteiger partial charge on any atom is -0.465 e. The maximum Gasteiger partial charge on any atom is 0.325 e. The van der Waals surface area contributed by atoms with Gasteiger partial charge in [-0.05, 0) is 38.5 Å². The SMILES string of the molecule is CCOC(=O)CN(C)C(=O)c1ccc(COC(C)C)cc1. The Balaban J connectivity index is 2.59. The van der Waals surface area contributed by atoms with Gasteiger partial charge in [0.05, 0.1) is 19.3 Å². The smallest absolute Gasteiger partial charge is 0.325 e. The molecule has 5 heteroatoms. The molecule has 21 heavy (non-hydrogen) atoms. The summed E-state index contributed by atoms with van der Waals surface area (Å²) in [5.41, 5.74) is 1.54. The average molecular weight is 293 g/mol. The second-order valence-corrected chi connectivity index (χ2v) is 5.02. The molecule has 1 aromatic carbocycles. The number of benzene rings is 1. The van der Waals surface area contributed by atoms with E-state index in [0.29, 0.717) is 18.8 Å². The van der Waals surface area contributed by atoms with Crippen LogP contribution in [0.5, 0.6) is 0 Å². The maximum absolute atomic E-state index is 12.1. The summed E-state index contributed by atoms with van der Waals surface area (Å²) < 4.78 is 10.3. The minimum atomic E-state index is -0.407. The third-order valence-corrected chi connectivity index (χ3v) is 2.80. The number of carbonyl (C=O) groups is 2. The lowest BCUT2D eigenvalue weighted by atomic mass is 10.1. The molecule has 0 atom stereocenters. The van der Waals surface area contributed by atoms with Crippen molar-refractivity contribution in [3.63, 3.8) is 0 Å². The number of nitrogens with zero attached hydrogens (tertiary/aromatic N) is 1. The Bertz CT molecular complexity index is 468. The van der Waals surface area contributed by atoms with Crippen LogP contribution in [-0.2, 0) is 20.9 Å². The number of amides is 1. The number of carbonyl (C=O) groups excluding carboxylic acids is 2. The van der Waals surface area contributed by atoms with Crippen LogP contribution in [0.1, 0.15) is 36.7 Å². The second kappa shape index (κ2) is 8.42. The van der Waals surface area contributed by atoms with Gasteiger partial charge in [0.25, 0.3) is 5.91 Å². The highest BCUT2D eigenvalue weighted by Crippen LogP contribution is 2.09. The molecule has 0 N–H and O–H groups in total. The van der Waals surface area contributed by atoms with Crippen LogP contribution in [0.2, 0.25) is 0 Å². The summed E-state index contributed by atoms with van der Waals surface area (Å²) in [6.45, 7) is 6.46. The van der Waals surface area contributed by atoms with Gasteiger partial charge in [-0.15, -0.1) is 0 Å². The number of rotatable bonds is 7. The molecule has 0 radical (unpaired) electrons. The zero-order valence-electron chi connectivity index (χ0n) is 13.1. The van der Waals surface area contributed by atoms with Crippen molar-refractivity contribution in [1.29, 1.82) is 0 Å². The summed E-state index contributed by atoms with van der Waals surface area (Å²) in [4.78, 5) is 24.9. The van der Waals surface area contributed by atoms with Crippen molar-refractivity contribution >= 4 is 11.9 Å². The summed E-state index contributed by atoms with van der Waals surface area (Å²) in [7, 11) is 1.58. The first kappa shape index (κ1) is 17.2. The van der Waals surface area contributed by atoms with Crippen LogP contribution in [0.4, 0.5) is 0 Å². The molecule has 116 valence electrons. The predicted octanol–water partition coefficient (Wildman–Crippen LogP) is 2.25. The van der Waals surface area contributed by atoms with Crippen molar-refractivity contribution in [3.8, 4) is 0 Å². The molecule has 0 saturated carbocycles. The predicted molar refractivity (Wildman–Crippen MR) is 80.0 cm³/mol. The molecule has 0 aliphatic rings. The van der Waals surface area contributed by atoms with E-state index in [1.165, 1.54) is 4.90 Å². The summed E-state index contributed by atoms with van der Waals surface area (Å²) in [6.07, 6.45) is 0.169. The van der Waals surface area contributed by atoms with Crippen LogP contribution < -0.4 is 0 Å². The van der Waals surface area contributed by atoms with Gasteiger partial charge in [-0.2, -0.15) is 0 Å². The van der Waals surface area contributed by atoms with E-state index in [1.54, 1.807) is 26.1 Å². The topological polar surface area (TPSA) is 55.8 Å². The highest BCUT2D eigenvalue weighted by molar-refractivity contribution is 5.95. The molecule has 0 bridgehead atoms. The summed E-state index contributed by atoms with van der Waals surface area (Å²) >= 11 is 0.